The Hall–Kier alpha value is -2.64. The van der Waals surface area contributed by atoms with E-state index in [-0.39, 0.29) is 17.1 Å². The third kappa shape index (κ3) is 3.74. The van der Waals surface area contributed by atoms with Crippen molar-refractivity contribution >= 4 is 20.6 Å². The smallest absolute Gasteiger partial charge is 0.258 e. The van der Waals surface area contributed by atoms with Gasteiger partial charge in [-0.05, 0) is 23.8 Å². The van der Waals surface area contributed by atoms with Gasteiger partial charge in [0, 0.05) is 29.1 Å². The molecule has 0 aliphatic carbocycles. The lowest BCUT2D eigenvalue weighted by Crippen LogP contribution is -2.25. The van der Waals surface area contributed by atoms with Crippen molar-refractivity contribution in [2.45, 2.75) is 5.75 Å². The Morgan fingerprint density at radius 1 is 1.07 bits per heavy atom. The third-order valence-corrected chi connectivity index (χ3v) is 6.06. The van der Waals surface area contributed by atoms with Crippen LogP contribution in [0.2, 0.25) is 0 Å². The highest BCUT2D eigenvalue weighted by Crippen LogP contribution is 2.33. The van der Waals surface area contributed by atoms with Gasteiger partial charge in [0.1, 0.15) is 5.75 Å². The highest BCUT2D eigenvalue weighted by atomic mass is 32.2. The van der Waals surface area contributed by atoms with Crippen LogP contribution in [0.1, 0.15) is 5.69 Å². The number of aromatic nitrogens is 1. The van der Waals surface area contributed by atoms with Crippen LogP contribution >= 0.6 is 0 Å². The molecule has 3 aromatic rings. The Morgan fingerprint density at radius 2 is 1.78 bits per heavy atom. The molecule has 0 radical (unpaired) electrons. The molecule has 3 rings (SSSR count). The SMILES string of the molecule is COc1ccc2c(=O)n(C)c(CS(=O)(=O)CCO)c(-c3ccccc3)c2c1. The molecule has 2 aromatic carbocycles. The highest BCUT2D eigenvalue weighted by Gasteiger charge is 2.22. The number of pyridine rings is 1. The molecular formula is C20H21NO5S. The van der Waals surface area contributed by atoms with Gasteiger partial charge < -0.3 is 14.4 Å². The zero-order valence-electron chi connectivity index (χ0n) is 15.2. The molecular weight excluding hydrogens is 366 g/mol. The average Bonchev–Trinajstić information content (AvgIpc) is 2.66. The molecule has 0 bridgehead atoms. The van der Waals surface area contributed by atoms with Gasteiger partial charge in [0.25, 0.3) is 5.56 Å². The average molecular weight is 387 g/mol. The van der Waals surface area contributed by atoms with Gasteiger partial charge in [0.15, 0.2) is 9.84 Å². The maximum Gasteiger partial charge on any atom is 0.258 e. The molecule has 27 heavy (non-hydrogen) atoms. The molecule has 1 aromatic heterocycles. The number of sulfone groups is 1. The fraction of sp³-hybridized carbons (Fsp3) is 0.250. The summed E-state index contributed by atoms with van der Waals surface area (Å²) in [6.07, 6.45) is 0. The van der Waals surface area contributed by atoms with Crippen LogP contribution in [0, 0.1) is 0 Å². The number of rotatable bonds is 6. The van der Waals surface area contributed by atoms with E-state index in [1.54, 1.807) is 25.2 Å². The van der Waals surface area contributed by atoms with Crippen molar-refractivity contribution in [3.63, 3.8) is 0 Å². The summed E-state index contributed by atoms with van der Waals surface area (Å²) >= 11 is 0. The number of hydrogen-bond donors (Lipinski definition) is 1. The van der Waals surface area contributed by atoms with Gasteiger partial charge in [-0.3, -0.25) is 4.79 Å². The minimum atomic E-state index is -3.58. The van der Waals surface area contributed by atoms with Gasteiger partial charge in [0.05, 0.1) is 25.2 Å². The predicted octanol–water partition coefficient (Wildman–Crippen LogP) is 2.12. The molecule has 0 aliphatic heterocycles. The Kier molecular flexibility index (Phi) is 5.34. The van der Waals surface area contributed by atoms with Gasteiger partial charge in [0.2, 0.25) is 0 Å². The minimum Gasteiger partial charge on any atom is -0.497 e. The van der Waals surface area contributed by atoms with E-state index in [0.717, 1.165) is 5.56 Å². The molecule has 7 heteroatoms. The van der Waals surface area contributed by atoms with Crippen LogP contribution in [0.15, 0.2) is 53.3 Å². The quantitative estimate of drug-likeness (QED) is 0.700. The molecule has 0 unspecified atom stereocenters. The first-order valence-electron chi connectivity index (χ1n) is 8.44. The molecule has 1 heterocycles. The zero-order valence-corrected chi connectivity index (χ0v) is 16.0. The lowest BCUT2D eigenvalue weighted by Gasteiger charge is -2.18. The Labute approximate surface area is 157 Å². The van der Waals surface area contributed by atoms with Gasteiger partial charge in [-0.15, -0.1) is 0 Å². The standard InChI is InChI=1S/C20H21NO5S/c1-21-18(13-27(24,25)11-10-22)19(14-6-4-3-5-7-14)17-12-15(26-2)8-9-16(17)20(21)23/h3-9,12,22H,10-11,13H2,1-2H3. The Bertz CT molecular complexity index is 1130. The van der Waals surface area contributed by atoms with Crippen LogP contribution in [-0.4, -0.2) is 37.6 Å². The maximum absolute atomic E-state index is 12.9. The lowest BCUT2D eigenvalue weighted by atomic mass is 9.97. The van der Waals surface area contributed by atoms with E-state index < -0.39 is 16.4 Å². The van der Waals surface area contributed by atoms with Crippen LogP contribution in [0.4, 0.5) is 0 Å². The highest BCUT2D eigenvalue weighted by molar-refractivity contribution is 7.90. The predicted molar refractivity (Wildman–Crippen MR) is 106 cm³/mol. The molecule has 0 aliphatic rings. The van der Waals surface area contributed by atoms with Crippen molar-refractivity contribution in [2.24, 2.45) is 7.05 Å². The van der Waals surface area contributed by atoms with E-state index in [9.17, 15) is 13.2 Å². The first-order chi connectivity index (χ1) is 12.9. The number of nitrogens with zero attached hydrogens (tertiary/aromatic N) is 1. The van der Waals surface area contributed by atoms with Crippen molar-refractivity contribution in [3.8, 4) is 16.9 Å². The number of benzene rings is 2. The van der Waals surface area contributed by atoms with Crippen LogP contribution < -0.4 is 10.3 Å². The number of aliphatic hydroxyl groups excluding tert-OH is 1. The summed E-state index contributed by atoms with van der Waals surface area (Å²) < 4.78 is 31.5. The Balaban J connectivity index is 2.42. The largest absolute Gasteiger partial charge is 0.497 e. The summed E-state index contributed by atoms with van der Waals surface area (Å²) in [7, 11) is -0.469. The molecule has 142 valence electrons. The zero-order chi connectivity index (χ0) is 19.6. The van der Waals surface area contributed by atoms with E-state index in [0.29, 0.717) is 27.8 Å². The minimum absolute atomic E-state index is 0.276. The van der Waals surface area contributed by atoms with Gasteiger partial charge in [-0.25, -0.2) is 8.42 Å². The van der Waals surface area contributed by atoms with Crippen LogP contribution in [-0.2, 0) is 22.6 Å². The number of fused-ring (bicyclic) bond motifs is 1. The molecule has 1 N–H and O–H groups in total. The summed E-state index contributed by atoms with van der Waals surface area (Å²) in [6.45, 7) is -0.460. The summed E-state index contributed by atoms with van der Waals surface area (Å²) in [6, 6.07) is 14.5. The maximum atomic E-state index is 12.9. The molecule has 0 spiro atoms. The van der Waals surface area contributed by atoms with Gasteiger partial charge in [-0.1, -0.05) is 30.3 Å². The molecule has 0 saturated heterocycles. The van der Waals surface area contributed by atoms with Gasteiger partial charge in [-0.2, -0.15) is 0 Å². The summed E-state index contributed by atoms with van der Waals surface area (Å²) in [4.78, 5) is 12.9. The van der Waals surface area contributed by atoms with Crippen molar-refractivity contribution in [3.05, 3.63) is 64.6 Å². The number of aliphatic hydroxyl groups is 1. The fourth-order valence-corrected chi connectivity index (χ4v) is 4.36. The number of methoxy groups -OCH3 is 1. The lowest BCUT2D eigenvalue weighted by molar-refractivity contribution is 0.319. The van der Waals surface area contributed by atoms with Crippen LogP contribution in [0.25, 0.3) is 21.9 Å². The second-order valence-electron chi connectivity index (χ2n) is 6.28. The first-order valence-corrected chi connectivity index (χ1v) is 10.3. The second kappa shape index (κ2) is 7.54. The van der Waals surface area contributed by atoms with Gasteiger partial charge >= 0.3 is 0 Å². The van der Waals surface area contributed by atoms with E-state index in [2.05, 4.69) is 0 Å². The van der Waals surface area contributed by atoms with Crippen molar-refractivity contribution in [1.82, 2.24) is 4.57 Å². The molecule has 0 saturated carbocycles. The van der Waals surface area contributed by atoms with Crippen molar-refractivity contribution < 1.29 is 18.3 Å². The number of hydrogen-bond acceptors (Lipinski definition) is 5. The van der Waals surface area contributed by atoms with E-state index in [1.807, 2.05) is 30.3 Å². The summed E-state index contributed by atoms with van der Waals surface area (Å²) in [5.41, 5.74) is 1.59. The van der Waals surface area contributed by atoms with E-state index in [4.69, 9.17) is 9.84 Å². The van der Waals surface area contributed by atoms with Crippen molar-refractivity contribution in [2.75, 3.05) is 19.5 Å². The van der Waals surface area contributed by atoms with Crippen LogP contribution in [0.5, 0.6) is 5.75 Å². The van der Waals surface area contributed by atoms with E-state index in [1.165, 1.54) is 11.7 Å². The molecule has 0 fully saturated rings. The molecule has 0 atom stereocenters. The number of ether oxygens (including phenoxy) is 1. The third-order valence-electron chi connectivity index (χ3n) is 4.55. The Morgan fingerprint density at radius 3 is 2.41 bits per heavy atom. The van der Waals surface area contributed by atoms with Crippen LogP contribution in [0.3, 0.4) is 0 Å². The van der Waals surface area contributed by atoms with E-state index >= 15 is 0 Å². The van der Waals surface area contributed by atoms with Crippen molar-refractivity contribution in [1.29, 1.82) is 0 Å². The fourth-order valence-electron chi connectivity index (χ4n) is 3.19. The molecule has 0 amide bonds. The monoisotopic (exact) mass is 387 g/mol. The second-order valence-corrected chi connectivity index (χ2v) is 8.46. The molecule has 6 nitrogen and oxygen atoms in total. The normalized spacial score (nSPS) is 11.7. The summed E-state index contributed by atoms with van der Waals surface area (Å²) in [5.74, 6) is -0.112. The topological polar surface area (TPSA) is 85.6 Å². The first kappa shape index (κ1) is 19.1. The summed E-state index contributed by atoms with van der Waals surface area (Å²) in [5, 5.41) is 10.2.